The van der Waals surface area contributed by atoms with Crippen molar-refractivity contribution in [2.45, 2.75) is 39.5 Å². The summed E-state index contributed by atoms with van der Waals surface area (Å²) in [5, 5.41) is 0. The number of carbonyl (C=O) groups is 1. The third-order valence-electron chi connectivity index (χ3n) is 4.37. The van der Waals surface area contributed by atoms with Gasteiger partial charge in [-0.2, -0.15) is 0 Å². The minimum Gasteiger partial charge on any atom is -0.295 e. The Bertz CT molecular complexity index is 322. The summed E-state index contributed by atoms with van der Waals surface area (Å²) in [6, 6.07) is 0. The van der Waals surface area contributed by atoms with Gasteiger partial charge in [0.1, 0.15) is 0 Å². The number of Topliss-reactive ketones (excluding diaryl/α,β-unsaturated/α-hetero) is 1. The van der Waals surface area contributed by atoms with Gasteiger partial charge in [-0.1, -0.05) is 26.0 Å². The Labute approximate surface area is 92.3 Å². The number of allylic oxidation sites excluding steroid dienone is 3. The average Bonchev–Trinajstić information content (AvgIpc) is 2.25. The van der Waals surface area contributed by atoms with Crippen LogP contribution in [0, 0.1) is 17.3 Å². The predicted octanol–water partition coefficient (Wildman–Crippen LogP) is 3.51. The van der Waals surface area contributed by atoms with Crippen LogP contribution < -0.4 is 0 Å². The van der Waals surface area contributed by atoms with Gasteiger partial charge >= 0.3 is 0 Å². The molecule has 1 heteroatoms. The monoisotopic (exact) mass is 204 g/mol. The fourth-order valence-electron chi connectivity index (χ4n) is 3.04. The Kier molecular flexibility index (Phi) is 2.57. The molecule has 0 radical (unpaired) electrons. The zero-order valence-electron chi connectivity index (χ0n) is 9.75. The van der Waals surface area contributed by atoms with Crippen molar-refractivity contribution in [2.24, 2.45) is 17.3 Å². The summed E-state index contributed by atoms with van der Waals surface area (Å²) < 4.78 is 0. The number of carbonyl (C=O) groups excluding carboxylic acids is 1. The van der Waals surface area contributed by atoms with Crippen LogP contribution in [0.15, 0.2) is 24.3 Å². The molecule has 0 saturated heterocycles. The second-order valence-corrected chi connectivity index (χ2v) is 5.45. The van der Waals surface area contributed by atoms with Gasteiger partial charge in [-0.05, 0) is 42.1 Å². The first-order valence-corrected chi connectivity index (χ1v) is 5.91. The minimum absolute atomic E-state index is 0.353. The van der Waals surface area contributed by atoms with Crippen LogP contribution in [0.4, 0.5) is 0 Å². The first-order valence-electron chi connectivity index (χ1n) is 5.91. The highest BCUT2D eigenvalue weighted by Crippen LogP contribution is 2.59. The van der Waals surface area contributed by atoms with Crippen molar-refractivity contribution >= 4 is 5.78 Å². The summed E-state index contributed by atoms with van der Waals surface area (Å²) in [4.78, 5) is 12.0. The van der Waals surface area contributed by atoms with Gasteiger partial charge in [-0.25, -0.2) is 0 Å². The van der Waals surface area contributed by atoms with Crippen LogP contribution in [0.3, 0.4) is 0 Å². The Hall–Kier alpha value is -0.850. The van der Waals surface area contributed by atoms with Gasteiger partial charge < -0.3 is 0 Å². The summed E-state index contributed by atoms with van der Waals surface area (Å²) in [5.41, 5.74) is 1.48. The molecule has 3 rings (SSSR count). The van der Waals surface area contributed by atoms with Crippen LogP contribution in [-0.2, 0) is 4.79 Å². The molecule has 0 N–H and O–H groups in total. The topological polar surface area (TPSA) is 17.1 Å². The van der Waals surface area contributed by atoms with E-state index in [9.17, 15) is 4.79 Å². The molecule has 0 spiro atoms. The lowest BCUT2D eigenvalue weighted by Gasteiger charge is -2.56. The van der Waals surface area contributed by atoms with Crippen molar-refractivity contribution in [3.8, 4) is 0 Å². The lowest BCUT2D eigenvalue weighted by Crippen LogP contribution is -2.49. The van der Waals surface area contributed by atoms with Gasteiger partial charge in [0.05, 0.1) is 0 Å². The van der Waals surface area contributed by atoms with E-state index in [1.807, 2.05) is 6.08 Å². The molecule has 2 bridgehead atoms. The number of rotatable bonds is 4. The molecule has 0 aromatic heterocycles. The van der Waals surface area contributed by atoms with Crippen molar-refractivity contribution < 1.29 is 4.79 Å². The zero-order chi connectivity index (χ0) is 11.1. The highest BCUT2D eigenvalue weighted by atomic mass is 16.1. The van der Waals surface area contributed by atoms with Crippen molar-refractivity contribution in [3.63, 3.8) is 0 Å². The second-order valence-electron chi connectivity index (χ2n) is 5.45. The van der Waals surface area contributed by atoms with E-state index in [1.165, 1.54) is 6.42 Å². The maximum atomic E-state index is 12.0. The Morgan fingerprint density at radius 2 is 2.40 bits per heavy atom. The van der Waals surface area contributed by atoms with Gasteiger partial charge in [-0.15, -0.1) is 6.58 Å². The van der Waals surface area contributed by atoms with Crippen molar-refractivity contribution in [1.29, 1.82) is 0 Å². The van der Waals surface area contributed by atoms with E-state index in [4.69, 9.17) is 0 Å². The predicted molar refractivity (Wildman–Crippen MR) is 62.5 cm³/mol. The molecule has 3 aliphatic carbocycles. The third-order valence-corrected chi connectivity index (χ3v) is 4.37. The van der Waals surface area contributed by atoms with Crippen LogP contribution in [0.1, 0.15) is 39.5 Å². The summed E-state index contributed by atoms with van der Waals surface area (Å²) >= 11 is 0. The highest BCUT2D eigenvalue weighted by molar-refractivity contribution is 5.96. The average molecular weight is 204 g/mol. The van der Waals surface area contributed by atoms with Gasteiger partial charge in [0, 0.05) is 6.42 Å². The molecule has 0 aliphatic heterocycles. The molecule has 1 fully saturated rings. The van der Waals surface area contributed by atoms with E-state index in [-0.39, 0.29) is 0 Å². The summed E-state index contributed by atoms with van der Waals surface area (Å²) in [6.07, 6.45) is 7.82. The molecule has 2 atom stereocenters. The van der Waals surface area contributed by atoms with Crippen LogP contribution in [0.5, 0.6) is 0 Å². The second kappa shape index (κ2) is 3.62. The van der Waals surface area contributed by atoms with Crippen molar-refractivity contribution in [2.75, 3.05) is 0 Å². The zero-order valence-corrected chi connectivity index (χ0v) is 9.75. The summed E-state index contributed by atoms with van der Waals surface area (Å²) in [6.45, 7) is 8.27. The Balaban J connectivity index is 2.07. The molecule has 1 saturated carbocycles. The SMILES string of the molecule is C=CCCC(=O)C1=CCC2CC1C2(C)C. The smallest absolute Gasteiger partial charge is 0.159 e. The lowest BCUT2D eigenvalue weighted by molar-refractivity contribution is -0.119. The maximum absolute atomic E-state index is 12.0. The van der Waals surface area contributed by atoms with Gasteiger partial charge in [0.25, 0.3) is 0 Å². The largest absolute Gasteiger partial charge is 0.295 e. The summed E-state index contributed by atoms with van der Waals surface area (Å²) in [7, 11) is 0. The van der Waals surface area contributed by atoms with Crippen molar-refractivity contribution in [3.05, 3.63) is 24.3 Å². The Morgan fingerprint density at radius 3 is 2.93 bits per heavy atom. The fraction of sp³-hybridized carbons (Fsp3) is 0.643. The van der Waals surface area contributed by atoms with E-state index in [1.54, 1.807) is 0 Å². The normalized spacial score (nSPS) is 31.5. The first-order chi connectivity index (χ1) is 7.07. The van der Waals surface area contributed by atoms with Crippen molar-refractivity contribution in [1.82, 2.24) is 0 Å². The number of ketones is 1. The molecule has 1 nitrogen and oxygen atoms in total. The van der Waals surface area contributed by atoms with Gasteiger partial charge in [-0.3, -0.25) is 4.79 Å². The lowest BCUT2D eigenvalue weighted by atomic mass is 9.48. The number of fused-ring (bicyclic) bond motifs is 1. The number of hydrogen-bond donors (Lipinski definition) is 0. The molecular weight excluding hydrogens is 184 g/mol. The van der Waals surface area contributed by atoms with E-state index < -0.39 is 0 Å². The van der Waals surface area contributed by atoms with Crippen LogP contribution in [0.25, 0.3) is 0 Å². The third kappa shape index (κ3) is 1.58. The minimum atomic E-state index is 0.353. The summed E-state index contributed by atoms with van der Waals surface area (Å²) in [5.74, 6) is 1.71. The quantitative estimate of drug-likeness (QED) is 0.640. The highest BCUT2D eigenvalue weighted by Gasteiger charge is 2.52. The molecule has 3 aliphatic rings. The van der Waals surface area contributed by atoms with E-state index in [2.05, 4.69) is 26.5 Å². The maximum Gasteiger partial charge on any atom is 0.159 e. The van der Waals surface area contributed by atoms with E-state index in [0.717, 1.165) is 24.3 Å². The number of hydrogen-bond acceptors (Lipinski definition) is 1. The molecule has 0 aromatic rings. The molecule has 15 heavy (non-hydrogen) atoms. The van der Waals surface area contributed by atoms with E-state index in [0.29, 0.717) is 23.5 Å². The first kappa shape index (κ1) is 10.7. The molecule has 82 valence electrons. The van der Waals surface area contributed by atoms with Crippen LogP contribution >= 0.6 is 0 Å². The molecule has 0 heterocycles. The van der Waals surface area contributed by atoms with Crippen LogP contribution in [-0.4, -0.2) is 5.78 Å². The van der Waals surface area contributed by atoms with Gasteiger partial charge in [0.2, 0.25) is 0 Å². The molecular formula is C14H20O. The fourth-order valence-corrected chi connectivity index (χ4v) is 3.04. The Morgan fingerprint density at radius 1 is 1.67 bits per heavy atom. The molecule has 0 amide bonds. The molecule has 0 aromatic carbocycles. The standard InChI is InChI=1S/C14H20O/c1-4-5-6-13(15)11-8-7-10-9-12(11)14(10,2)3/h4,8,10,12H,1,5-7,9H2,2-3H3. The molecule has 2 unspecified atom stereocenters. The van der Waals surface area contributed by atoms with E-state index >= 15 is 0 Å². The van der Waals surface area contributed by atoms with Gasteiger partial charge in [0.15, 0.2) is 5.78 Å². The van der Waals surface area contributed by atoms with Crippen LogP contribution in [0.2, 0.25) is 0 Å².